The summed E-state index contributed by atoms with van der Waals surface area (Å²) in [5.41, 5.74) is 0. The molecule has 80 valence electrons. The summed E-state index contributed by atoms with van der Waals surface area (Å²) in [7, 11) is 0. The number of hydrogen-bond acceptors (Lipinski definition) is 3. The van der Waals surface area contributed by atoms with Gasteiger partial charge in [-0.3, -0.25) is 4.79 Å². The molecule has 1 heterocycles. The van der Waals surface area contributed by atoms with Crippen molar-refractivity contribution in [2.45, 2.75) is 37.8 Å². The Morgan fingerprint density at radius 3 is 2.79 bits per heavy atom. The van der Waals surface area contributed by atoms with Gasteiger partial charge in [0.25, 0.3) is 0 Å². The van der Waals surface area contributed by atoms with Gasteiger partial charge < -0.3 is 16.0 Å². The fourth-order valence-electron chi connectivity index (χ4n) is 1.75. The topological polar surface area (TPSA) is 53.2 Å². The lowest BCUT2D eigenvalue weighted by atomic mass is 10.2. The van der Waals surface area contributed by atoms with Gasteiger partial charge in [0, 0.05) is 31.6 Å². The van der Waals surface area contributed by atoms with Crippen LogP contribution in [0.3, 0.4) is 0 Å². The SMILES string of the molecule is O=C(CCNC1CCNC1)NC1CC1. The third-order valence-electron chi connectivity index (χ3n) is 2.79. The predicted octanol–water partition coefficient (Wildman–Crippen LogP) is -0.393. The molecule has 1 saturated heterocycles. The Labute approximate surface area is 84.8 Å². The summed E-state index contributed by atoms with van der Waals surface area (Å²) in [6.45, 7) is 2.96. The first-order valence-electron chi connectivity index (χ1n) is 5.58. The van der Waals surface area contributed by atoms with Gasteiger partial charge in [0.2, 0.25) is 5.91 Å². The highest BCUT2D eigenvalue weighted by Gasteiger charge is 2.23. The average molecular weight is 197 g/mol. The van der Waals surface area contributed by atoms with E-state index in [1.54, 1.807) is 0 Å². The van der Waals surface area contributed by atoms with Crippen molar-refractivity contribution in [3.05, 3.63) is 0 Å². The van der Waals surface area contributed by atoms with Crippen molar-refractivity contribution in [3.63, 3.8) is 0 Å². The van der Waals surface area contributed by atoms with Crippen LogP contribution < -0.4 is 16.0 Å². The maximum Gasteiger partial charge on any atom is 0.221 e. The van der Waals surface area contributed by atoms with Crippen molar-refractivity contribution in [3.8, 4) is 0 Å². The predicted molar refractivity (Wildman–Crippen MR) is 55.1 cm³/mol. The largest absolute Gasteiger partial charge is 0.353 e. The molecule has 1 atom stereocenters. The maximum absolute atomic E-state index is 11.3. The van der Waals surface area contributed by atoms with E-state index in [9.17, 15) is 4.79 Å². The van der Waals surface area contributed by atoms with E-state index >= 15 is 0 Å². The number of nitrogens with one attached hydrogen (secondary N) is 3. The highest BCUT2D eigenvalue weighted by molar-refractivity contribution is 5.76. The van der Waals surface area contributed by atoms with E-state index in [2.05, 4.69) is 16.0 Å². The van der Waals surface area contributed by atoms with Crippen LogP contribution in [0.4, 0.5) is 0 Å². The molecule has 3 N–H and O–H groups in total. The number of amides is 1. The Bertz CT molecular complexity index is 198. The number of hydrogen-bond donors (Lipinski definition) is 3. The first-order chi connectivity index (χ1) is 6.84. The molecule has 14 heavy (non-hydrogen) atoms. The van der Waals surface area contributed by atoms with Crippen LogP contribution in [0, 0.1) is 0 Å². The fourth-order valence-corrected chi connectivity index (χ4v) is 1.75. The summed E-state index contributed by atoms with van der Waals surface area (Å²) in [4.78, 5) is 11.3. The molecule has 1 aliphatic carbocycles. The minimum absolute atomic E-state index is 0.200. The average Bonchev–Trinajstić information content (AvgIpc) is 2.82. The summed E-state index contributed by atoms with van der Waals surface area (Å²) in [5.74, 6) is 0.200. The smallest absolute Gasteiger partial charge is 0.221 e. The van der Waals surface area contributed by atoms with E-state index in [1.807, 2.05) is 0 Å². The van der Waals surface area contributed by atoms with Crippen molar-refractivity contribution >= 4 is 5.91 Å². The monoisotopic (exact) mass is 197 g/mol. The van der Waals surface area contributed by atoms with Gasteiger partial charge in [0.05, 0.1) is 0 Å². The first kappa shape index (κ1) is 9.93. The summed E-state index contributed by atoms with van der Waals surface area (Å²) in [5, 5.41) is 9.66. The van der Waals surface area contributed by atoms with Crippen LogP contribution in [-0.4, -0.2) is 37.6 Å². The van der Waals surface area contributed by atoms with Crippen LogP contribution in [0.1, 0.15) is 25.7 Å². The lowest BCUT2D eigenvalue weighted by Gasteiger charge is -2.10. The van der Waals surface area contributed by atoms with Gasteiger partial charge in [0.1, 0.15) is 0 Å². The Balaban J connectivity index is 1.50. The van der Waals surface area contributed by atoms with Gasteiger partial charge in [-0.1, -0.05) is 0 Å². The molecule has 0 aromatic heterocycles. The second-order valence-electron chi connectivity index (χ2n) is 4.24. The van der Waals surface area contributed by atoms with Crippen LogP contribution in [0.15, 0.2) is 0 Å². The zero-order chi connectivity index (χ0) is 9.80. The fraction of sp³-hybridized carbons (Fsp3) is 0.900. The molecule has 2 aliphatic rings. The van der Waals surface area contributed by atoms with Crippen LogP contribution in [0.25, 0.3) is 0 Å². The number of rotatable bonds is 5. The molecule has 0 aromatic carbocycles. The molecular weight excluding hydrogens is 178 g/mol. The lowest BCUT2D eigenvalue weighted by molar-refractivity contribution is -0.121. The molecule has 2 rings (SSSR count). The van der Waals surface area contributed by atoms with Gasteiger partial charge in [0.15, 0.2) is 0 Å². The van der Waals surface area contributed by atoms with Crippen molar-refractivity contribution in [1.82, 2.24) is 16.0 Å². The third kappa shape index (κ3) is 3.27. The highest BCUT2D eigenvalue weighted by Crippen LogP contribution is 2.18. The van der Waals surface area contributed by atoms with Crippen molar-refractivity contribution < 1.29 is 4.79 Å². The first-order valence-corrected chi connectivity index (χ1v) is 5.58. The highest BCUT2D eigenvalue weighted by atomic mass is 16.1. The van der Waals surface area contributed by atoms with E-state index in [0.717, 1.165) is 19.6 Å². The lowest BCUT2D eigenvalue weighted by Crippen LogP contribution is -2.35. The quantitative estimate of drug-likeness (QED) is 0.562. The number of carbonyl (C=O) groups excluding carboxylic acids is 1. The molecule has 4 nitrogen and oxygen atoms in total. The van der Waals surface area contributed by atoms with E-state index in [-0.39, 0.29) is 5.91 Å². The summed E-state index contributed by atoms with van der Waals surface area (Å²) in [6, 6.07) is 1.07. The molecule has 1 saturated carbocycles. The summed E-state index contributed by atoms with van der Waals surface area (Å²) < 4.78 is 0. The second kappa shape index (κ2) is 4.75. The van der Waals surface area contributed by atoms with Crippen LogP contribution in [-0.2, 0) is 4.79 Å². The Morgan fingerprint density at radius 1 is 1.29 bits per heavy atom. The molecule has 0 bridgehead atoms. The van der Waals surface area contributed by atoms with Crippen molar-refractivity contribution in [2.24, 2.45) is 0 Å². The zero-order valence-corrected chi connectivity index (χ0v) is 8.51. The van der Waals surface area contributed by atoms with E-state index in [0.29, 0.717) is 18.5 Å². The molecule has 0 spiro atoms. The van der Waals surface area contributed by atoms with E-state index in [4.69, 9.17) is 0 Å². The minimum Gasteiger partial charge on any atom is -0.353 e. The normalized spacial score (nSPS) is 26.4. The number of carbonyl (C=O) groups is 1. The van der Waals surface area contributed by atoms with Crippen LogP contribution in [0.2, 0.25) is 0 Å². The van der Waals surface area contributed by atoms with Crippen molar-refractivity contribution in [2.75, 3.05) is 19.6 Å². The van der Waals surface area contributed by atoms with Gasteiger partial charge in [-0.2, -0.15) is 0 Å². The standard InChI is InChI=1S/C10H19N3O/c14-10(13-8-1-2-8)4-6-12-9-3-5-11-7-9/h8-9,11-12H,1-7H2,(H,13,14). The zero-order valence-electron chi connectivity index (χ0n) is 8.51. The van der Waals surface area contributed by atoms with Crippen LogP contribution >= 0.6 is 0 Å². The molecule has 4 heteroatoms. The van der Waals surface area contributed by atoms with Crippen LogP contribution in [0.5, 0.6) is 0 Å². The minimum atomic E-state index is 0.200. The van der Waals surface area contributed by atoms with E-state index in [1.165, 1.54) is 19.3 Å². The molecule has 1 unspecified atom stereocenters. The molecular formula is C10H19N3O. The van der Waals surface area contributed by atoms with Gasteiger partial charge in [-0.05, 0) is 25.8 Å². The second-order valence-corrected chi connectivity index (χ2v) is 4.24. The summed E-state index contributed by atoms with van der Waals surface area (Å²) >= 11 is 0. The van der Waals surface area contributed by atoms with Gasteiger partial charge >= 0.3 is 0 Å². The molecule has 1 amide bonds. The molecule has 1 aliphatic heterocycles. The Morgan fingerprint density at radius 2 is 2.14 bits per heavy atom. The van der Waals surface area contributed by atoms with Gasteiger partial charge in [-0.25, -0.2) is 0 Å². The van der Waals surface area contributed by atoms with E-state index < -0.39 is 0 Å². The molecule has 0 aromatic rings. The van der Waals surface area contributed by atoms with Gasteiger partial charge in [-0.15, -0.1) is 0 Å². The maximum atomic E-state index is 11.3. The summed E-state index contributed by atoms with van der Waals surface area (Å²) in [6.07, 6.45) is 4.15. The third-order valence-corrected chi connectivity index (χ3v) is 2.79. The Kier molecular flexibility index (Phi) is 3.37. The molecule has 2 fully saturated rings. The Hall–Kier alpha value is -0.610. The van der Waals surface area contributed by atoms with Crippen molar-refractivity contribution in [1.29, 1.82) is 0 Å². The molecule has 0 radical (unpaired) electrons.